The SMILES string of the molecule is CCC(C)(CNC(=O)NCc1cccc(C#N)c1)C(=O)O. The van der Waals surface area contributed by atoms with Gasteiger partial charge in [0, 0.05) is 13.1 Å². The minimum absolute atomic E-state index is 0.0584. The number of hydrogen-bond acceptors (Lipinski definition) is 3. The van der Waals surface area contributed by atoms with Crippen LogP contribution in [0.25, 0.3) is 0 Å². The fourth-order valence-electron chi connectivity index (χ4n) is 1.62. The lowest BCUT2D eigenvalue weighted by molar-refractivity contribution is -0.147. The second-order valence-electron chi connectivity index (χ2n) is 5.07. The number of carboxylic acids is 1. The molecule has 0 heterocycles. The van der Waals surface area contributed by atoms with Gasteiger partial charge in [0.15, 0.2) is 0 Å². The number of aliphatic carboxylic acids is 1. The number of nitriles is 1. The van der Waals surface area contributed by atoms with Crippen LogP contribution in [0.15, 0.2) is 24.3 Å². The summed E-state index contributed by atoms with van der Waals surface area (Å²) in [6.07, 6.45) is 0.423. The van der Waals surface area contributed by atoms with Gasteiger partial charge >= 0.3 is 12.0 Å². The third-order valence-electron chi connectivity index (χ3n) is 3.44. The summed E-state index contributed by atoms with van der Waals surface area (Å²) < 4.78 is 0. The fourth-order valence-corrected chi connectivity index (χ4v) is 1.62. The van der Waals surface area contributed by atoms with Crippen molar-refractivity contribution < 1.29 is 14.7 Å². The van der Waals surface area contributed by atoms with Crippen LogP contribution in [0.2, 0.25) is 0 Å². The first-order valence-corrected chi connectivity index (χ1v) is 6.65. The third kappa shape index (κ3) is 4.80. The van der Waals surface area contributed by atoms with Crippen molar-refractivity contribution in [1.29, 1.82) is 5.26 Å². The Bertz CT molecular complexity index is 566. The number of rotatable bonds is 6. The van der Waals surface area contributed by atoms with Crippen LogP contribution in [-0.2, 0) is 11.3 Å². The largest absolute Gasteiger partial charge is 0.481 e. The number of hydrogen-bond donors (Lipinski definition) is 3. The number of nitrogens with one attached hydrogen (secondary N) is 2. The maximum atomic E-state index is 11.7. The van der Waals surface area contributed by atoms with Crippen LogP contribution >= 0.6 is 0 Å². The molecule has 0 saturated carbocycles. The van der Waals surface area contributed by atoms with Gasteiger partial charge in [-0.1, -0.05) is 19.1 Å². The lowest BCUT2D eigenvalue weighted by Crippen LogP contribution is -2.44. The zero-order valence-electron chi connectivity index (χ0n) is 12.1. The zero-order chi connectivity index (χ0) is 15.9. The van der Waals surface area contributed by atoms with E-state index in [0.29, 0.717) is 12.0 Å². The highest BCUT2D eigenvalue weighted by atomic mass is 16.4. The molecule has 1 atom stereocenters. The minimum atomic E-state index is -0.974. The number of carbonyl (C=O) groups excluding carboxylic acids is 1. The third-order valence-corrected chi connectivity index (χ3v) is 3.44. The number of nitrogens with zero attached hydrogens (tertiary/aromatic N) is 1. The van der Waals surface area contributed by atoms with E-state index in [2.05, 4.69) is 10.6 Å². The van der Waals surface area contributed by atoms with Gasteiger partial charge < -0.3 is 15.7 Å². The van der Waals surface area contributed by atoms with E-state index in [1.165, 1.54) is 0 Å². The van der Waals surface area contributed by atoms with Crippen LogP contribution in [0.1, 0.15) is 31.4 Å². The van der Waals surface area contributed by atoms with Gasteiger partial charge in [0.05, 0.1) is 17.0 Å². The summed E-state index contributed by atoms with van der Waals surface area (Å²) in [5.74, 6) is -0.938. The smallest absolute Gasteiger partial charge is 0.315 e. The predicted molar refractivity (Wildman–Crippen MR) is 77.4 cm³/mol. The molecule has 0 aromatic heterocycles. The molecule has 0 spiro atoms. The summed E-state index contributed by atoms with van der Waals surface area (Å²) in [5, 5.41) is 23.1. The lowest BCUT2D eigenvalue weighted by atomic mass is 9.88. The van der Waals surface area contributed by atoms with Gasteiger partial charge in [0.25, 0.3) is 0 Å². The number of carbonyl (C=O) groups is 2. The Hall–Kier alpha value is -2.55. The lowest BCUT2D eigenvalue weighted by Gasteiger charge is -2.23. The van der Waals surface area contributed by atoms with E-state index in [9.17, 15) is 9.59 Å². The fraction of sp³-hybridized carbons (Fsp3) is 0.400. The Labute approximate surface area is 123 Å². The summed E-state index contributed by atoms with van der Waals surface area (Å²) in [6, 6.07) is 8.51. The van der Waals surface area contributed by atoms with E-state index in [1.54, 1.807) is 38.1 Å². The van der Waals surface area contributed by atoms with Crippen molar-refractivity contribution in [3.63, 3.8) is 0 Å². The molecule has 0 radical (unpaired) electrons. The average Bonchev–Trinajstić information content (AvgIpc) is 2.50. The molecule has 2 amide bonds. The monoisotopic (exact) mass is 289 g/mol. The highest BCUT2D eigenvalue weighted by Crippen LogP contribution is 2.19. The number of benzene rings is 1. The van der Waals surface area contributed by atoms with Crippen molar-refractivity contribution in [2.45, 2.75) is 26.8 Å². The van der Waals surface area contributed by atoms with E-state index in [-0.39, 0.29) is 13.1 Å². The molecular weight excluding hydrogens is 270 g/mol. The van der Waals surface area contributed by atoms with Gasteiger partial charge in [-0.15, -0.1) is 0 Å². The van der Waals surface area contributed by atoms with Crippen molar-refractivity contribution in [2.24, 2.45) is 5.41 Å². The summed E-state index contributed by atoms with van der Waals surface area (Å²) in [6.45, 7) is 3.69. The quantitative estimate of drug-likeness (QED) is 0.743. The van der Waals surface area contributed by atoms with Crippen molar-refractivity contribution in [1.82, 2.24) is 10.6 Å². The predicted octanol–water partition coefficient (Wildman–Crippen LogP) is 1.86. The Kier molecular flexibility index (Phi) is 5.73. The Morgan fingerprint density at radius 3 is 2.67 bits per heavy atom. The molecule has 3 N–H and O–H groups in total. The van der Waals surface area contributed by atoms with Crippen LogP contribution < -0.4 is 10.6 Å². The first kappa shape index (κ1) is 16.5. The molecule has 0 aliphatic heterocycles. The topological polar surface area (TPSA) is 102 Å². The molecule has 1 unspecified atom stereocenters. The van der Waals surface area contributed by atoms with Crippen LogP contribution in [0.3, 0.4) is 0 Å². The number of carboxylic acid groups (broad SMARTS) is 1. The van der Waals surface area contributed by atoms with E-state index in [1.807, 2.05) is 6.07 Å². The first-order valence-electron chi connectivity index (χ1n) is 6.65. The molecule has 0 fully saturated rings. The van der Waals surface area contributed by atoms with E-state index in [0.717, 1.165) is 5.56 Å². The molecule has 0 aliphatic rings. The summed E-state index contributed by atoms with van der Waals surface area (Å²) in [5.41, 5.74) is 0.359. The Morgan fingerprint density at radius 2 is 2.10 bits per heavy atom. The maximum absolute atomic E-state index is 11.7. The molecule has 0 aliphatic carbocycles. The summed E-state index contributed by atoms with van der Waals surface area (Å²) in [4.78, 5) is 22.8. The number of urea groups is 1. The van der Waals surface area contributed by atoms with Gasteiger partial charge in [-0.2, -0.15) is 5.26 Å². The molecule has 6 heteroatoms. The summed E-state index contributed by atoms with van der Waals surface area (Å²) in [7, 11) is 0. The zero-order valence-corrected chi connectivity index (χ0v) is 12.1. The maximum Gasteiger partial charge on any atom is 0.315 e. The first-order chi connectivity index (χ1) is 9.91. The molecule has 6 nitrogen and oxygen atoms in total. The van der Waals surface area contributed by atoms with Gasteiger partial charge in [0.1, 0.15) is 0 Å². The second kappa shape index (κ2) is 7.29. The van der Waals surface area contributed by atoms with Crippen LogP contribution in [0, 0.1) is 16.7 Å². The van der Waals surface area contributed by atoms with Crippen molar-refractivity contribution in [3.8, 4) is 6.07 Å². The van der Waals surface area contributed by atoms with Crippen LogP contribution in [0.5, 0.6) is 0 Å². The van der Waals surface area contributed by atoms with Crippen LogP contribution in [-0.4, -0.2) is 23.7 Å². The van der Waals surface area contributed by atoms with Gasteiger partial charge in [-0.05, 0) is 31.0 Å². The van der Waals surface area contributed by atoms with Gasteiger partial charge in [-0.3, -0.25) is 4.79 Å². The standard InChI is InChI=1S/C15H19N3O3/c1-3-15(2,13(19)20)10-18-14(21)17-9-12-6-4-5-11(7-12)8-16/h4-7H,3,9-10H2,1-2H3,(H,19,20)(H2,17,18,21). The van der Waals surface area contributed by atoms with E-state index < -0.39 is 17.4 Å². The van der Waals surface area contributed by atoms with Crippen LogP contribution in [0.4, 0.5) is 4.79 Å². The van der Waals surface area contributed by atoms with Gasteiger partial charge in [-0.25, -0.2) is 4.79 Å². The minimum Gasteiger partial charge on any atom is -0.481 e. The number of amides is 2. The summed E-state index contributed by atoms with van der Waals surface area (Å²) >= 11 is 0. The highest BCUT2D eigenvalue weighted by molar-refractivity contribution is 5.77. The molecule has 1 aromatic carbocycles. The Balaban J connectivity index is 2.48. The van der Waals surface area contributed by atoms with Gasteiger partial charge in [0.2, 0.25) is 0 Å². The second-order valence-corrected chi connectivity index (χ2v) is 5.07. The molecule has 1 aromatic rings. The van der Waals surface area contributed by atoms with Crippen molar-refractivity contribution in [3.05, 3.63) is 35.4 Å². The molecular formula is C15H19N3O3. The van der Waals surface area contributed by atoms with E-state index >= 15 is 0 Å². The van der Waals surface area contributed by atoms with Crippen molar-refractivity contribution >= 4 is 12.0 Å². The molecule has 0 saturated heterocycles. The molecule has 112 valence electrons. The average molecular weight is 289 g/mol. The molecule has 21 heavy (non-hydrogen) atoms. The van der Waals surface area contributed by atoms with Crippen molar-refractivity contribution in [2.75, 3.05) is 6.54 Å². The normalized spacial score (nSPS) is 12.8. The van der Waals surface area contributed by atoms with E-state index in [4.69, 9.17) is 10.4 Å². The molecule has 0 bridgehead atoms. The molecule has 1 rings (SSSR count). The highest BCUT2D eigenvalue weighted by Gasteiger charge is 2.31. The Morgan fingerprint density at radius 1 is 1.38 bits per heavy atom.